The van der Waals surface area contributed by atoms with E-state index < -0.39 is 0 Å². The molecule has 1 heterocycles. The highest BCUT2D eigenvalue weighted by molar-refractivity contribution is 5.90. The molecule has 16 heavy (non-hydrogen) atoms. The van der Waals surface area contributed by atoms with Gasteiger partial charge in [-0.3, -0.25) is 4.98 Å². The van der Waals surface area contributed by atoms with Crippen molar-refractivity contribution in [2.75, 3.05) is 6.61 Å². The number of hydrogen-bond donors (Lipinski definition) is 0. The molecule has 0 bridgehead atoms. The summed E-state index contributed by atoms with van der Waals surface area (Å²) in [4.78, 5) is 15.9. The van der Waals surface area contributed by atoms with Crippen LogP contribution in [0, 0.1) is 6.92 Å². The third-order valence-corrected chi connectivity index (χ3v) is 1.92. The number of ether oxygens (including phenoxy) is 1. The molecule has 0 saturated carbocycles. The first-order valence-electron chi connectivity index (χ1n) is 5.33. The van der Waals surface area contributed by atoms with Crippen molar-refractivity contribution in [3.05, 3.63) is 34.7 Å². The smallest absolute Gasteiger partial charge is 0.338 e. The number of carbonyl (C=O) groups is 1. The number of hydrogen-bond acceptors (Lipinski definition) is 3. The van der Waals surface area contributed by atoms with Crippen LogP contribution in [0.25, 0.3) is 6.08 Å². The van der Waals surface area contributed by atoms with E-state index in [9.17, 15) is 4.79 Å². The van der Waals surface area contributed by atoms with Crippen molar-refractivity contribution < 1.29 is 9.53 Å². The van der Waals surface area contributed by atoms with Crippen LogP contribution in [0.15, 0.2) is 17.7 Å². The van der Waals surface area contributed by atoms with E-state index in [4.69, 9.17) is 4.74 Å². The SMILES string of the molecule is CCOC(=O)c1cc(C)nc(C=C(C)C)c1. The second kappa shape index (κ2) is 5.45. The summed E-state index contributed by atoms with van der Waals surface area (Å²) in [5, 5.41) is 0. The highest BCUT2D eigenvalue weighted by Gasteiger charge is 2.08. The van der Waals surface area contributed by atoms with E-state index >= 15 is 0 Å². The second-order valence-electron chi connectivity index (χ2n) is 3.86. The Morgan fingerprint density at radius 3 is 2.69 bits per heavy atom. The first-order valence-corrected chi connectivity index (χ1v) is 5.33. The molecule has 0 amide bonds. The zero-order valence-corrected chi connectivity index (χ0v) is 10.2. The number of aromatic nitrogens is 1. The molecule has 1 aromatic rings. The molecule has 0 fully saturated rings. The number of allylic oxidation sites excluding steroid dienone is 1. The Balaban J connectivity index is 3.08. The van der Waals surface area contributed by atoms with Crippen LogP contribution in [0.4, 0.5) is 0 Å². The molecule has 0 spiro atoms. The molecule has 0 aromatic carbocycles. The molecule has 3 nitrogen and oxygen atoms in total. The summed E-state index contributed by atoms with van der Waals surface area (Å²) in [6.07, 6.45) is 1.94. The van der Waals surface area contributed by atoms with Gasteiger partial charge in [-0.2, -0.15) is 0 Å². The molecular formula is C13H17NO2. The normalized spacial score (nSPS) is 9.75. The van der Waals surface area contributed by atoms with E-state index in [0.717, 1.165) is 17.0 Å². The molecule has 0 radical (unpaired) electrons. The Morgan fingerprint density at radius 2 is 2.12 bits per heavy atom. The van der Waals surface area contributed by atoms with Crippen molar-refractivity contribution in [2.45, 2.75) is 27.7 Å². The highest BCUT2D eigenvalue weighted by Crippen LogP contribution is 2.10. The van der Waals surface area contributed by atoms with Crippen LogP contribution < -0.4 is 0 Å². The zero-order chi connectivity index (χ0) is 12.1. The van der Waals surface area contributed by atoms with Gasteiger partial charge in [-0.25, -0.2) is 4.79 Å². The summed E-state index contributed by atoms with van der Waals surface area (Å²) < 4.78 is 4.96. The predicted octanol–water partition coefficient (Wildman–Crippen LogP) is 2.99. The van der Waals surface area contributed by atoms with Crippen molar-refractivity contribution in [3.63, 3.8) is 0 Å². The molecule has 0 aliphatic carbocycles. The Hall–Kier alpha value is -1.64. The largest absolute Gasteiger partial charge is 0.462 e. The van der Waals surface area contributed by atoms with Gasteiger partial charge in [0, 0.05) is 5.69 Å². The molecule has 3 heteroatoms. The van der Waals surface area contributed by atoms with E-state index in [1.807, 2.05) is 26.8 Å². The van der Waals surface area contributed by atoms with Crippen molar-refractivity contribution in [3.8, 4) is 0 Å². The lowest BCUT2D eigenvalue weighted by Gasteiger charge is -2.04. The standard InChI is InChI=1S/C13H17NO2/c1-5-16-13(15)11-7-10(4)14-12(8-11)6-9(2)3/h6-8H,5H2,1-4H3. The first-order chi connectivity index (χ1) is 7.52. The number of carbonyl (C=O) groups excluding carboxylic acids is 1. The van der Waals surface area contributed by atoms with Crippen molar-refractivity contribution in [1.82, 2.24) is 4.98 Å². The van der Waals surface area contributed by atoms with Gasteiger partial charge in [0.15, 0.2) is 0 Å². The predicted molar refractivity (Wildman–Crippen MR) is 64.3 cm³/mol. The zero-order valence-electron chi connectivity index (χ0n) is 10.2. The van der Waals surface area contributed by atoms with Gasteiger partial charge in [0.05, 0.1) is 17.9 Å². The molecule has 1 rings (SSSR count). The van der Waals surface area contributed by atoms with Gasteiger partial charge in [0.25, 0.3) is 0 Å². The quantitative estimate of drug-likeness (QED) is 0.733. The summed E-state index contributed by atoms with van der Waals surface area (Å²) in [6, 6.07) is 3.48. The Labute approximate surface area is 96.2 Å². The second-order valence-corrected chi connectivity index (χ2v) is 3.86. The van der Waals surface area contributed by atoms with Crippen LogP contribution in [0.3, 0.4) is 0 Å². The molecule has 1 aromatic heterocycles. The first kappa shape index (κ1) is 12.4. The number of aryl methyl sites for hydroxylation is 1. The fourth-order valence-electron chi connectivity index (χ4n) is 1.40. The topological polar surface area (TPSA) is 39.2 Å². The van der Waals surface area contributed by atoms with Gasteiger partial charge in [0.2, 0.25) is 0 Å². The summed E-state index contributed by atoms with van der Waals surface area (Å²) in [6.45, 7) is 8.04. The molecular weight excluding hydrogens is 202 g/mol. The van der Waals surface area contributed by atoms with Gasteiger partial charge in [-0.1, -0.05) is 5.57 Å². The van der Waals surface area contributed by atoms with Crippen molar-refractivity contribution >= 4 is 12.0 Å². The minimum Gasteiger partial charge on any atom is -0.462 e. The number of rotatable bonds is 3. The van der Waals surface area contributed by atoms with Crippen LogP contribution in [0.5, 0.6) is 0 Å². The Bertz CT molecular complexity index is 418. The van der Waals surface area contributed by atoms with E-state index in [2.05, 4.69) is 4.98 Å². The van der Waals surface area contributed by atoms with Gasteiger partial charge in [0.1, 0.15) is 0 Å². The van der Waals surface area contributed by atoms with Crippen LogP contribution in [0.1, 0.15) is 42.5 Å². The van der Waals surface area contributed by atoms with Crippen LogP contribution in [-0.2, 0) is 4.74 Å². The van der Waals surface area contributed by atoms with E-state index in [1.54, 1.807) is 19.1 Å². The lowest BCUT2D eigenvalue weighted by atomic mass is 10.1. The number of pyridine rings is 1. The van der Waals surface area contributed by atoms with Gasteiger partial charge >= 0.3 is 5.97 Å². The maximum atomic E-state index is 11.6. The van der Waals surface area contributed by atoms with E-state index in [1.165, 1.54) is 0 Å². The molecule has 86 valence electrons. The third-order valence-electron chi connectivity index (χ3n) is 1.92. The van der Waals surface area contributed by atoms with Gasteiger partial charge in [-0.05, 0) is 45.9 Å². The highest BCUT2D eigenvalue weighted by atomic mass is 16.5. The van der Waals surface area contributed by atoms with Crippen LogP contribution in [-0.4, -0.2) is 17.6 Å². The van der Waals surface area contributed by atoms with Gasteiger partial charge < -0.3 is 4.74 Å². The summed E-state index contributed by atoms with van der Waals surface area (Å²) in [5.74, 6) is -0.295. The Morgan fingerprint density at radius 1 is 1.44 bits per heavy atom. The number of nitrogens with zero attached hydrogens (tertiary/aromatic N) is 1. The molecule has 0 aliphatic rings. The fourth-order valence-corrected chi connectivity index (χ4v) is 1.40. The van der Waals surface area contributed by atoms with Crippen LogP contribution >= 0.6 is 0 Å². The average Bonchev–Trinajstić information content (AvgIpc) is 2.15. The maximum absolute atomic E-state index is 11.6. The lowest BCUT2D eigenvalue weighted by Crippen LogP contribution is -2.06. The summed E-state index contributed by atoms with van der Waals surface area (Å²) in [5.41, 5.74) is 3.32. The van der Waals surface area contributed by atoms with Crippen molar-refractivity contribution in [2.24, 2.45) is 0 Å². The monoisotopic (exact) mass is 219 g/mol. The van der Waals surface area contributed by atoms with Gasteiger partial charge in [-0.15, -0.1) is 0 Å². The fraction of sp³-hybridized carbons (Fsp3) is 0.385. The summed E-state index contributed by atoms with van der Waals surface area (Å²) >= 11 is 0. The lowest BCUT2D eigenvalue weighted by molar-refractivity contribution is 0.0526. The van der Waals surface area contributed by atoms with Crippen LogP contribution in [0.2, 0.25) is 0 Å². The molecule has 0 atom stereocenters. The third kappa shape index (κ3) is 3.50. The molecule has 0 unspecified atom stereocenters. The molecule has 0 saturated heterocycles. The number of esters is 1. The van der Waals surface area contributed by atoms with Crippen molar-refractivity contribution in [1.29, 1.82) is 0 Å². The van der Waals surface area contributed by atoms with E-state index in [0.29, 0.717) is 12.2 Å². The Kier molecular flexibility index (Phi) is 4.23. The average molecular weight is 219 g/mol. The molecule has 0 N–H and O–H groups in total. The molecule has 0 aliphatic heterocycles. The minimum absolute atomic E-state index is 0.295. The van der Waals surface area contributed by atoms with E-state index in [-0.39, 0.29) is 5.97 Å². The maximum Gasteiger partial charge on any atom is 0.338 e. The minimum atomic E-state index is -0.295. The summed E-state index contributed by atoms with van der Waals surface area (Å²) in [7, 11) is 0.